The number of ether oxygens (including phenoxy) is 1. The highest BCUT2D eigenvalue weighted by Gasteiger charge is 2.74. The fourth-order valence-electron chi connectivity index (χ4n) is 10.9. The molecule has 0 aromatic heterocycles. The van der Waals surface area contributed by atoms with Crippen LogP contribution in [0, 0.1) is 39.4 Å². The summed E-state index contributed by atoms with van der Waals surface area (Å²) in [6.07, 6.45) is 5.35. The van der Waals surface area contributed by atoms with Crippen molar-refractivity contribution >= 4 is 20.2 Å². The number of carbonyl (C=O) groups excluding carboxylic acids is 2. The van der Waals surface area contributed by atoms with E-state index in [1.807, 2.05) is 6.08 Å². The number of Topliss-reactive ketones (excluding diaryl/α,β-unsaturated/α-hetero) is 1. The van der Waals surface area contributed by atoms with Gasteiger partial charge in [-0.15, -0.1) is 6.58 Å². The van der Waals surface area contributed by atoms with Crippen molar-refractivity contribution in [1.29, 1.82) is 0 Å². The van der Waals surface area contributed by atoms with Crippen molar-refractivity contribution in [2.45, 2.75) is 124 Å². The van der Waals surface area contributed by atoms with Crippen LogP contribution >= 0.6 is 0 Å². The van der Waals surface area contributed by atoms with E-state index in [0.29, 0.717) is 11.5 Å². The first kappa shape index (κ1) is 32.3. The number of hydrogen-bond donors (Lipinski definition) is 1. The van der Waals surface area contributed by atoms with Crippen LogP contribution in [0.5, 0.6) is 0 Å². The van der Waals surface area contributed by atoms with Crippen molar-refractivity contribution in [3.8, 4) is 0 Å². The molecular formula is C34H57NO5Si. The van der Waals surface area contributed by atoms with Crippen molar-refractivity contribution in [3.05, 3.63) is 24.2 Å². The summed E-state index contributed by atoms with van der Waals surface area (Å²) in [5.74, 6) is 1.12. The van der Waals surface area contributed by atoms with Crippen molar-refractivity contribution in [2.24, 2.45) is 39.4 Å². The van der Waals surface area contributed by atoms with Crippen LogP contribution < -0.4 is 0 Å². The Hall–Kier alpha value is -1.60. The first-order valence-corrected chi connectivity index (χ1v) is 18.1. The molecule has 4 aliphatic carbocycles. The molecule has 4 aliphatic rings. The minimum absolute atomic E-state index is 0.0148. The Balaban J connectivity index is 1.89. The zero-order valence-electron chi connectivity index (χ0n) is 27.9. The summed E-state index contributed by atoms with van der Waals surface area (Å²) in [5.41, 5.74) is -0.532. The van der Waals surface area contributed by atoms with Crippen LogP contribution in [0.25, 0.3) is 0 Å². The van der Waals surface area contributed by atoms with Gasteiger partial charge in [0.25, 0.3) is 8.32 Å². The highest BCUT2D eigenvalue weighted by molar-refractivity contribution is 6.78. The zero-order chi connectivity index (χ0) is 31.1. The zero-order valence-corrected chi connectivity index (χ0v) is 28.9. The smallest absolute Gasteiger partial charge is 0.414 e. The second kappa shape index (κ2) is 10.2. The molecule has 3 saturated carbocycles. The quantitative estimate of drug-likeness (QED) is 0.241. The molecule has 7 heteroatoms. The van der Waals surface area contributed by atoms with Crippen molar-refractivity contribution < 1.29 is 23.9 Å². The molecule has 41 heavy (non-hydrogen) atoms. The third-order valence-corrected chi connectivity index (χ3v) is 18.9. The first-order chi connectivity index (χ1) is 18.8. The molecule has 0 bridgehead atoms. The molecule has 1 amide bonds. The lowest BCUT2D eigenvalue weighted by atomic mass is 9.42. The van der Waals surface area contributed by atoms with Crippen LogP contribution in [-0.2, 0) is 14.0 Å². The lowest BCUT2D eigenvalue weighted by molar-refractivity contribution is -0.156. The molecule has 0 aliphatic heterocycles. The molecule has 3 fully saturated rings. The van der Waals surface area contributed by atoms with Crippen LogP contribution in [0.15, 0.2) is 24.2 Å². The second-order valence-electron chi connectivity index (χ2n) is 16.0. The number of allylic oxidation sites excluding steroid dienone is 2. The Labute approximate surface area is 250 Å². The normalized spacial score (nSPS) is 40.5. The van der Waals surface area contributed by atoms with Crippen LogP contribution in [-0.4, -0.2) is 50.4 Å². The minimum Gasteiger partial charge on any atom is -0.538 e. The summed E-state index contributed by atoms with van der Waals surface area (Å²) in [7, 11) is 0.868. The molecule has 0 spiro atoms. The molecular weight excluding hydrogens is 530 g/mol. The van der Waals surface area contributed by atoms with Crippen LogP contribution in [0.2, 0.25) is 16.6 Å². The van der Waals surface area contributed by atoms with Gasteiger partial charge in [-0.3, -0.25) is 4.79 Å². The summed E-state index contributed by atoms with van der Waals surface area (Å²) < 4.78 is 13.4. The molecule has 0 heterocycles. The fraction of sp³-hybridized carbons (Fsp3) is 0.824. The topological polar surface area (TPSA) is 76.1 Å². The van der Waals surface area contributed by atoms with E-state index in [2.05, 4.69) is 75.8 Å². The SMILES string of the molecule is C=C[C@]1(C)[C@@H](O)CC[C@]2(C)[C@H]3C[C@]4(C)C(=O)C(O[Si](C(C)C)(C(C)C)C(C)C)=C(OC(=O)N(C)C)C4[C@]3(C)CC[C@@H]12. The van der Waals surface area contributed by atoms with Crippen molar-refractivity contribution in [3.63, 3.8) is 0 Å². The molecule has 232 valence electrons. The van der Waals surface area contributed by atoms with E-state index in [9.17, 15) is 14.7 Å². The number of fused-ring (bicyclic) bond motifs is 5. The minimum atomic E-state index is -2.50. The molecule has 0 aromatic carbocycles. The van der Waals surface area contributed by atoms with Gasteiger partial charge in [0.05, 0.1) is 6.10 Å². The number of carbonyl (C=O) groups is 2. The predicted molar refractivity (Wildman–Crippen MR) is 167 cm³/mol. The average molecular weight is 588 g/mol. The first-order valence-electron chi connectivity index (χ1n) is 16.0. The lowest BCUT2D eigenvalue weighted by Crippen LogP contribution is -2.58. The molecule has 1 unspecified atom stereocenters. The van der Waals surface area contributed by atoms with Crippen molar-refractivity contribution in [2.75, 3.05) is 14.1 Å². The van der Waals surface area contributed by atoms with Crippen LogP contribution in [0.1, 0.15) is 101 Å². The Morgan fingerprint density at radius 1 is 0.976 bits per heavy atom. The molecule has 8 atom stereocenters. The number of hydrogen-bond acceptors (Lipinski definition) is 5. The van der Waals surface area contributed by atoms with Gasteiger partial charge in [-0.05, 0) is 71.4 Å². The Morgan fingerprint density at radius 3 is 2.00 bits per heavy atom. The third kappa shape index (κ3) is 4.25. The largest absolute Gasteiger partial charge is 0.538 e. The lowest BCUT2D eigenvalue weighted by Gasteiger charge is -2.63. The van der Waals surface area contributed by atoms with E-state index in [0.717, 1.165) is 32.1 Å². The Morgan fingerprint density at radius 2 is 1.51 bits per heavy atom. The standard InChI is InChI=1S/C34H57NO5Si/c1-14-31(8)23-15-17-33(10)24(32(23,9)18-16-25(31)36)19-34(11)28(33)26(39-30(38)35(12)13)27(29(34)37)40-41(20(2)3,21(4)5)22(6)7/h14,20-25,28,36H,1,15-19H2,2-13H3/t23-,24+,25-,28?,31-,32-,33+,34-/m0/s1. The molecule has 0 aromatic rings. The maximum Gasteiger partial charge on any atom is 0.414 e. The van der Waals surface area contributed by atoms with Crippen LogP contribution in [0.3, 0.4) is 0 Å². The molecule has 1 N–H and O–H groups in total. The van der Waals surface area contributed by atoms with Gasteiger partial charge in [0, 0.05) is 30.8 Å². The van der Waals surface area contributed by atoms with Gasteiger partial charge in [0.15, 0.2) is 11.5 Å². The average Bonchev–Trinajstić information content (AvgIpc) is 3.24. The van der Waals surface area contributed by atoms with Gasteiger partial charge >= 0.3 is 6.09 Å². The summed E-state index contributed by atoms with van der Waals surface area (Å²) in [4.78, 5) is 29.4. The number of aliphatic hydroxyl groups is 1. The molecule has 6 nitrogen and oxygen atoms in total. The summed E-state index contributed by atoms with van der Waals surface area (Å²) in [6.45, 7) is 26.5. The summed E-state index contributed by atoms with van der Waals surface area (Å²) >= 11 is 0. The second-order valence-corrected chi connectivity index (χ2v) is 21.4. The molecule has 4 rings (SSSR count). The Kier molecular flexibility index (Phi) is 8.07. The van der Waals surface area contributed by atoms with E-state index >= 15 is 0 Å². The summed E-state index contributed by atoms with van der Waals surface area (Å²) in [6, 6.07) is 0. The maximum atomic E-state index is 14.8. The highest BCUT2D eigenvalue weighted by Crippen LogP contribution is 2.76. The maximum absolute atomic E-state index is 14.8. The van der Waals surface area contributed by atoms with Gasteiger partial charge in [-0.1, -0.05) is 75.3 Å². The van der Waals surface area contributed by atoms with Gasteiger partial charge in [0.1, 0.15) is 0 Å². The van der Waals surface area contributed by atoms with E-state index in [1.165, 1.54) is 4.90 Å². The molecule has 0 radical (unpaired) electrons. The van der Waals surface area contributed by atoms with Gasteiger partial charge < -0.3 is 19.2 Å². The van der Waals surface area contributed by atoms with E-state index in [4.69, 9.17) is 9.16 Å². The van der Waals surface area contributed by atoms with Gasteiger partial charge in [-0.2, -0.15) is 0 Å². The van der Waals surface area contributed by atoms with E-state index in [1.54, 1.807) is 14.1 Å². The highest BCUT2D eigenvalue weighted by atomic mass is 28.4. The number of amides is 1. The van der Waals surface area contributed by atoms with Crippen LogP contribution in [0.4, 0.5) is 4.79 Å². The van der Waals surface area contributed by atoms with E-state index < -0.39 is 25.9 Å². The third-order valence-electron chi connectivity index (χ3n) is 12.9. The van der Waals surface area contributed by atoms with Gasteiger partial charge in [0.2, 0.25) is 5.78 Å². The number of aliphatic hydroxyl groups excluding tert-OH is 1. The number of nitrogens with zero attached hydrogens (tertiary/aromatic N) is 1. The number of rotatable bonds is 7. The summed E-state index contributed by atoms with van der Waals surface area (Å²) in [5, 5.41) is 11.1. The van der Waals surface area contributed by atoms with Crippen molar-refractivity contribution in [1.82, 2.24) is 4.90 Å². The van der Waals surface area contributed by atoms with E-state index in [-0.39, 0.29) is 56.4 Å². The molecule has 0 saturated heterocycles. The number of ketones is 1. The Bertz CT molecular complexity index is 1110. The predicted octanol–water partition coefficient (Wildman–Crippen LogP) is 8.08. The fourth-order valence-corrected chi connectivity index (χ4v) is 16.2. The van der Waals surface area contributed by atoms with Gasteiger partial charge in [-0.25, -0.2) is 4.79 Å². The monoisotopic (exact) mass is 587 g/mol.